The molecule has 1 aliphatic rings. The van der Waals surface area contributed by atoms with E-state index in [1.807, 2.05) is 19.1 Å². The summed E-state index contributed by atoms with van der Waals surface area (Å²) in [5.41, 5.74) is 3.71. The van der Waals surface area contributed by atoms with Crippen LogP contribution in [0.5, 0.6) is 5.75 Å². The quantitative estimate of drug-likeness (QED) is 0.637. The summed E-state index contributed by atoms with van der Waals surface area (Å²) in [6.45, 7) is 4.14. The number of hydrogen-bond acceptors (Lipinski definition) is 4. The molecule has 7 heteroatoms. The maximum atomic E-state index is 13.8. The van der Waals surface area contributed by atoms with Gasteiger partial charge in [0.05, 0.1) is 5.56 Å². The zero-order valence-corrected chi connectivity index (χ0v) is 16.2. The summed E-state index contributed by atoms with van der Waals surface area (Å²) in [5, 5.41) is 3.93. The number of hydrogen-bond donors (Lipinski definition) is 0. The highest BCUT2D eigenvalue weighted by Gasteiger charge is 2.29. The lowest BCUT2D eigenvalue weighted by atomic mass is 9.99. The van der Waals surface area contributed by atoms with Crippen molar-refractivity contribution in [1.82, 2.24) is 5.16 Å². The van der Waals surface area contributed by atoms with Gasteiger partial charge in [0.25, 0.3) is 5.91 Å². The molecule has 5 nitrogen and oxygen atoms in total. The normalized spacial score (nSPS) is 13.3. The number of amides is 1. The van der Waals surface area contributed by atoms with Gasteiger partial charge in [-0.15, -0.1) is 0 Å². The monoisotopic (exact) mass is 398 g/mol. The summed E-state index contributed by atoms with van der Waals surface area (Å²) in [6, 6.07) is 9.06. The molecule has 0 N–H and O–H groups in total. The Bertz CT molecular complexity index is 1080. The van der Waals surface area contributed by atoms with Crippen LogP contribution >= 0.6 is 0 Å². The molecular weight excluding hydrogens is 378 g/mol. The molecule has 0 unspecified atom stereocenters. The second kappa shape index (κ2) is 7.66. The second-order valence-electron chi connectivity index (χ2n) is 7.12. The molecule has 0 spiro atoms. The number of ether oxygens (including phenoxy) is 1. The minimum atomic E-state index is -0.813. The van der Waals surface area contributed by atoms with Crippen LogP contribution in [0.2, 0.25) is 0 Å². The van der Waals surface area contributed by atoms with Crippen molar-refractivity contribution in [2.75, 3.05) is 11.4 Å². The summed E-state index contributed by atoms with van der Waals surface area (Å²) in [6.07, 6.45) is 1.77. The highest BCUT2D eigenvalue weighted by molar-refractivity contribution is 6.06. The van der Waals surface area contributed by atoms with E-state index in [1.165, 1.54) is 6.07 Å². The minimum Gasteiger partial charge on any atom is -0.486 e. The van der Waals surface area contributed by atoms with Gasteiger partial charge in [-0.05, 0) is 50.5 Å². The van der Waals surface area contributed by atoms with Crippen molar-refractivity contribution in [2.45, 2.75) is 33.3 Å². The van der Waals surface area contributed by atoms with E-state index in [4.69, 9.17) is 9.26 Å². The fourth-order valence-electron chi connectivity index (χ4n) is 3.54. The molecule has 4 rings (SSSR count). The van der Waals surface area contributed by atoms with Crippen LogP contribution in [-0.2, 0) is 13.0 Å². The van der Waals surface area contributed by atoms with E-state index < -0.39 is 11.6 Å². The lowest BCUT2D eigenvalue weighted by molar-refractivity contribution is 0.0974. The number of aryl methyl sites for hydroxylation is 3. The molecule has 0 radical (unpaired) electrons. The number of carbonyl (C=O) groups excluding carboxylic acids is 1. The predicted octanol–water partition coefficient (Wildman–Crippen LogP) is 4.74. The van der Waals surface area contributed by atoms with Crippen molar-refractivity contribution < 1.29 is 22.8 Å². The fraction of sp³-hybridized carbons (Fsp3) is 0.273. The summed E-state index contributed by atoms with van der Waals surface area (Å²) < 4.78 is 37.6. The molecule has 29 heavy (non-hydrogen) atoms. The average molecular weight is 398 g/mol. The molecule has 3 aromatic rings. The van der Waals surface area contributed by atoms with Gasteiger partial charge >= 0.3 is 0 Å². The van der Waals surface area contributed by atoms with Crippen molar-refractivity contribution >= 4 is 11.6 Å². The number of aromatic nitrogens is 1. The lowest BCUT2D eigenvalue weighted by Crippen LogP contribution is -2.36. The Labute approximate surface area is 166 Å². The average Bonchev–Trinajstić information content (AvgIpc) is 3.06. The summed E-state index contributed by atoms with van der Waals surface area (Å²) >= 11 is 0. The predicted molar refractivity (Wildman–Crippen MR) is 103 cm³/mol. The van der Waals surface area contributed by atoms with Crippen molar-refractivity contribution in [3.8, 4) is 5.75 Å². The van der Waals surface area contributed by atoms with E-state index in [0.717, 1.165) is 41.8 Å². The number of halogens is 2. The van der Waals surface area contributed by atoms with Gasteiger partial charge in [0.1, 0.15) is 18.2 Å². The van der Waals surface area contributed by atoms with E-state index in [2.05, 4.69) is 11.2 Å². The SMILES string of the molecule is Cc1ccc2c(c1)CCCN2C(=O)c1noc(C)c1COc1ccc(F)cc1F. The molecule has 0 saturated heterocycles. The van der Waals surface area contributed by atoms with Crippen LogP contribution < -0.4 is 9.64 Å². The van der Waals surface area contributed by atoms with Crippen LogP contribution in [0.3, 0.4) is 0 Å². The zero-order valence-electron chi connectivity index (χ0n) is 16.2. The maximum Gasteiger partial charge on any atom is 0.280 e. The van der Waals surface area contributed by atoms with E-state index in [1.54, 1.807) is 11.8 Å². The first-order valence-corrected chi connectivity index (χ1v) is 9.38. The zero-order chi connectivity index (χ0) is 20.5. The highest BCUT2D eigenvalue weighted by Crippen LogP contribution is 2.30. The molecule has 150 valence electrons. The molecule has 2 aromatic carbocycles. The Kier molecular flexibility index (Phi) is 5.05. The fourth-order valence-corrected chi connectivity index (χ4v) is 3.54. The van der Waals surface area contributed by atoms with Gasteiger partial charge < -0.3 is 14.2 Å². The van der Waals surface area contributed by atoms with E-state index in [0.29, 0.717) is 17.9 Å². The van der Waals surface area contributed by atoms with E-state index >= 15 is 0 Å². The maximum absolute atomic E-state index is 13.8. The Morgan fingerprint density at radius 1 is 1.21 bits per heavy atom. The van der Waals surface area contributed by atoms with Crippen molar-refractivity contribution in [2.24, 2.45) is 0 Å². The van der Waals surface area contributed by atoms with Crippen LogP contribution in [0.4, 0.5) is 14.5 Å². The van der Waals surface area contributed by atoms with Gasteiger partial charge in [-0.1, -0.05) is 22.9 Å². The number of carbonyl (C=O) groups is 1. The largest absolute Gasteiger partial charge is 0.486 e. The number of anilines is 1. The van der Waals surface area contributed by atoms with Crippen LogP contribution in [-0.4, -0.2) is 17.6 Å². The second-order valence-corrected chi connectivity index (χ2v) is 7.12. The van der Waals surface area contributed by atoms with Crippen molar-refractivity contribution in [3.63, 3.8) is 0 Å². The molecule has 0 saturated carbocycles. The Morgan fingerprint density at radius 2 is 2.03 bits per heavy atom. The lowest BCUT2D eigenvalue weighted by Gasteiger charge is -2.29. The van der Waals surface area contributed by atoms with Crippen LogP contribution in [0.25, 0.3) is 0 Å². The molecule has 0 bridgehead atoms. The van der Waals surface area contributed by atoms with E-state index in [-0.39, 0.29) is 24.0 Å². The van der Waals surface area contributed by atoms with Gasteiger partial charge in [-0.3, -0.25) is 4.79 Å². The third kappa shape index (κ3) is 3.72. The van der Waals surface area contributed by atoms with Gasteiger partial charge in [-0.2, -0.15) is 0 Å². The number of fused-ring (bicyclic) bond motifs is 1. The first kappa shape index (κ1) is 19.1. The van der Waals surface area contributed by atoms with Crippen molar-refractivity contribution in [1.29, 1.82) is 0 Å². The summed E-state index contributed by atoms with van der Waals surface area (Å²) in [7, 11) is 0. The Morgan fingerprint density at radius 3 is 2.83 bits per heavy atom. The molecule has 2 heterocycles. The third-order valence-electron chi connectivity index (χ3n) is 5.05. The van der Waals surface area contributed by atoms with E-state index in [9.17, 15) is 13.6 Å². The molecule has 1 amide bonds. The first-order valence-electron chi connectivity index (χ1n) is 9.38. The number of nitrogens with zero attached hydrogens (tertiary/aromatic N) is 2. The smallest absolute Gasteiger partial charge is 0.280 e. The molecule has 0 fully saturated rings. The Balaban J connectivity index is 1.60. The highest BCUT2D eigenvalue weighted by atomic mass is 19.1. The Hall–Kier alpha value is -3.22. The number of benzene rings is 2. The third-order valence-corrected chi connectivity index (χ3v) is 5.05. The molecular formula is C22H20F2N2O3. The molecule has 0 atom stereocenters. The van der Waals surface area contributed by atoms with Crippen LogP contribution in [0.1, 0.15) is 39.4 Å². The van der Waals surface area contributed by atoms with Crippen LogP contribution in [0.15, 0.2) is 40.9 Å². The van der Waals surface area contributed by atoms with Gasteiger partial charge in [-0.25, -0.2) is 8.78 Å². The summed E-state index contributed by atoms with van der Waals surface area (Å²) in [5.74, 6) is -1.48. The summed E-state index contributed by atoms with van der Waals surface area (Å²) in [4.78, 5) is 14.9. The molecule has 0 aliphatic carbocycles. The van der Waals surface area contributed by atoms with Gasteiger partial charge in [0, 0.05) is 18.3 Å². The van der Waals surface area contributed by atoms with Crippen molar-refractivity contribution in [3.05, 3.63) is 76.2 Å². The standard InChI is InChI=1S/C22H20F2N2O3/c1-13-5-7-19-15(10-13)4-3-9-26(19)22(27)21-17(14(2)29-25-21)12-28-20-8-6-16(23)11-18(20)24/h5-8,10-11H,3-4,9,12H2,1-2H3. The first-order chi connectivity index (χ1) is 13.9. The molecule has 1 aromatic heterocycles. The van der Waals surface area contributed by atoms with Gasteiger partial charge in [0.2, 0.25) is 0 Å². The van der Waals surface area contributed by atoms with Crippen LogP contribution in [0, 0.1) is 25.5 Å². The minimum absolute atomic E-state index is 0.107. The number of rotatable bonds is 4. The topological polar surface area (TPSA) is 55.6 Å². The van der Waals surface area contributed by atoms with Gasteiger partial charge in [0.15, 0.2) is 17.3 Å². The molecule has 1 aliphatic heterocycles.